The van der Waals surface area contributed by atoms with Gasteiger partial charge in [-0.2, -0.15) is 0 Å². The van der Waals surface area contributed by atoms with E-state index in [4.69, 9.17) is 5.73 Å². The molecule has 0 bridgehead atoms. The lowest BCUT2D eigenvalue weighted by Gasteiger charge is -1.82. The van der Waals surface area contributed by atoms with E-state index < -0.39 is 0 Å². The summed E-state index contributed by atoms with van der Waals surface area (Å²) in [6.45, 7) is 2.92. The average molecular weight is 139 g/mol. The van der Waals surface area contributed by atoms with Crippen molar-refractivity contribution in [2.24, 2.45) is 5.73 Å². The number of unbranched alkanes of at least 4 members (excludes halogenated alkanes) is 1. The van der Waals surface area contributed by atoms with E-state index in [0.29, 0.717) is 0 Å². The summed E-state index contributed by atoms with van der Waals surface area (Å²) in [6, 6.07) is 0. The molecule has 0 aliphatic heterocycles. The normalized spacial score (nSPS) is 11.8. The van der Waals surface area contributed by atoms with Crippen LogP contribution in [0.5, 0.6) is 0 Å². The second kappa shape index (κ2) is 8.44. The van der Waals surface area contributed by atoms with Crippen molar-refractivity contribution >= 4 is 0 Å². The van der Waals surface area contributed by atoms with E-state index in [1.54, 1.807) is 0 Å². The highest BCUT2D eigenvalue weighted by Crippen LogP contribution is 1.89. The van der Waals surface area contributed by atoms with E-state index in [1.165, 1.54) is 12.8 Å². The zero-order valence-electron chi connectivity index (χ0n) is 6.72. The van der Waals surface area contributed by atoms with E-state index in [1.807, 2.05) is 0 Å². The van der Waals surface area contributed by atoms with Gasteiger partial charge in [-0.1, -0.05) is 37.6 Å². The van der Waals surface area contributed by atoms with E-state index in [-0.39, 0.29) is 0 Å². The van der Waals surface area contributed by atoms with Gasteiger partial charge in [0.15, 0.2) is 0 Å². The van der Waals surface area contributed by atoms with Gasteiger partial charge in [-0.25, -0.2) is 0 Å². The number of hydrogen-bond acceptors (Lipinski definition) is 1. The Labute approximate surface area is 63.6 Å². The van der Waals surface area contributed by atoms with Crippen LogP contribution in [-0.4, -0.2) is 6.54 Å². The fourth-order valence-corrected chi connectivity index (χ4v) is 0.612. The van der Waals surface area contributed by atoms with E-state index in [0.717, 1.165) is 13.0 Å². The van der Waals surface area contributed by atoms with E-state index in [2.05, 4.69) is 31.2 Å². The highest BCUT2D eigenvalue weighted by molar-refractivity contribution is 5.02. The summed E-state index contributed by atoms with van der Waals surface area (Å²) in [5.41, 5.74) is 5.29. The number of allylic oxidation sites excluding steroid dienone is 3. The SMILES string of the molecule is CCC/C=C/C=C/CCN. The molecule has 10 heavy (non-hydrogen) atoms. The Hall–Kier alpha value is -0.560. The van der Waals surface area contributed by atoms with E-state index in [9.17, 15) is 0 Å². The standard InChI is InChI=1S/C9H17N/c1-2-3-4-5-6-7-8-9-10/h4-7H,2-3,8-10H2,1H3/b5-4+,7-6+. The highest BCUT2D eigenvalue weighted by Gasteiger charge is 1.70. The average Bonchev–Trinajstić information content (AvgIpc) is 1.97. The smallest absolute Gasteiger partial charge is 0.00425 e. The molecule has 0 fully saturated rings. The molecule has 0 aromatic heterocycles. The van der Waals surface area contributed by atoms with Crippen LogP contribution in [0, 0.1) is 0 Å². The Morgan fingerprint density at radius 3 is 2.20 bits per heavy atom. The molecule has 0 saturated carbocycles. The van der Waals surface area contributed by atoms with Crippen LogP contribution in [0.1, 0.15) is 26.2 Å². The third-order valence-electron chi connectivity index (χ3n) is 1.17. The summed E-state index contributed by atoms with van der Waals surface area (Å²) in [7, 11) is 0. The van der Waals surface area contributed by atoms with Crippen molar-refractivity contribution in [2.45, 2.75) is 26.2 Å². The monoisotopic (exact) mass is 139 g/mol. The lowest BCUT2D eigenvalue weighted by atomic mass is 10.3. The lowest BCUT2D eigenvalue weighted by molar-refractivity contribution is 0.958. The van der Waals surface area contributed by atoms with Crippen molar-refractivity contribution in [1.82, 2.24) is 0 Å². The van der Waals surface area contributed by atoms with Gasteiger partial charge in [0.05, 0.1) is 0 Å². The van der Waals surface area contributed by atoms with Crippen LogP contribution in [0.25, 0.3) is 0 Å². The molecule has 0 saturated heterocycles. The van der Waals surface area contributed by atoms with Crippen molar-refractivity contribution in [2.75, 3.05) is 6.54 Å². The molecule has 0 amide bonds. The molecular formula is C9H17N. The molecule has 0 atom stereocenters. The maximum atomic E-state index is 5.29. The molecule has 0 unspecified atom stereocenters. The Kier molecular flexibility index (Phi) is 7.97. The number of rotatable bonds is 5. The van der Waals surface area contributed by atoms with Gasteiger partial charge < -0.3 is 5.73 Å². The van der Waals surface area contributed by atoms with Crippen molar-refractivity contribution in [3.63, 3.8) is 0 Å². The summed E-state index contributed by atoms with van der Waals surface area (Å²) in [5.74, 6) is 0. The quantitative estimate of drug-likeness (QED) is 0.581. The lowest BCUT2D eigenvalue weighted by Crippen LogP contribution is -1.94. The first kappa shape index (κ1) is 9.44. The van der Waals surface area contributed by atoms with E-state index >= 15 is 0 Å². The maximum absolute atomic E-state index is 5.29. The van der Waals surface area contributed by atoms with Crippen LogP contribution in [-0.2, 0) is 0 Å². The molecule has 1 heteroatoms. The molecule has 2 N–H and O–H groups in total. The Balaban J connectivity index is 3.15. The first-order chi connectivity index (χ1) is 4.91. The molecular weight excluding hydrogens is 122 g/mol. The van der Waals surface area contributed by atoms with Gasteiger partial charge in [-0.3, -0.25) is 0 Å². The minimum absolute atomic E-state index is 0.748. The van der Waals surface area contributed by atoms with Crippen molar-refractivity contribution < 1.29 is 0 Å². The van der Waals surface area contributed by atoms with Crippen LogP contribution >= 0.6 is 0 Å². The van der Waals surface area contributed by atoms with Gasteiger partial charge in [0.1, 0.15) is 0 Å². The second-order valence-corrected chi connectivity index (χ2v) is 2.22. The predicted octanol–water partition coefficient (Wildman–Crippen LogP) is 2.25. The molecule has 0 aromatic carbocycles. The summed E-state index contributed by atoms with van der Waals surface area (Å²) >= 11 is 0. The molecule has 0 heterocycles. The van der Waals surface area contributed by atoms with Gasteiger partial charge >= 0.3 is 0 Å². The first-order valence-electron chi connectivity index (χ1n) is 3.93. The highest BCUT2D eigenvalue weighted by atomic mass is 14.5. The van der Waals surface area contributed by atoms with Gasteiger partial charge in [0.2, 0.25) is 0 Å². The zero-order valence-corrected chi connectivity index (χ0v) is 6.72. The summed E-state index contributed by atoms with van der Waals surface area (Å²) in [6.07, 6.45) is 11.8. The molecule has 0 spiro atoms. The second-order valence-electron chi connectivity index (χ2n) is 2.22. The Morgan fingerprint density at radius 2 is 1.70 bits per heavy atom. The van der Waals surface area contributed by atoms with Gasteiger partial charge in [-0.15, -0.1) is 0 Å². The molecule has 0 aliphatic carbocycles. The Bertz CT molecular complexity index is 89.3. The van der Waals surface area contributed by atoms with Crippen LogP contribution < -0.4 is 5.73 Å². The van der Waals surface area contributed by atoms with Crippen LogP contribution in [0.15, 0.2) is 24.3 Å². The predicted molar refractivity (Wildman–Crippen MR) is 46.9 cm³/mol. The van der Waals surface area contributed by atoms with Crippen LogP contribution in [0.4, 0.5) is 0 Å². The summed E-state index contributed by atoms with van der Waals surface area (Å²) in [5, 5.41) is 0. The van der Waals surface area contributed by atoms with Gasteiger partial charge in [0, 0.05) is 0 Å². The molecule has 0 aromatic rings. The van der Waals surface area contributed by atoms with Gasteiger partial charge in [0.25, 0.3) is 0 Å². The van der Waals surface area contributed by atoms with Crippen LogP contribution in [0.3, 0.4) is 0 Å². The van der Waals surface area contributed by atoms with Crippen molar-refractivity contribution in [1.29, 1.82) is 0 Å². The number of nitrogens with two attached hydrogens (primary N) is 1. The largest absolute Gasteiger partial charge is 0.330 e. The van der Waals surface area contributed by atoms with Crippen molar-refractivity contribution in [3.05, 3.63) is 24.3 Å². The summed E-state index contributed by atoms with van der Waals surface area (Å²) < 4.78 is 0. The molecule has 0 aliphatic rings. The van der Waals surface area contributed by atoms with Crippen LogP contribution in [0.2, 0.25) is 0 Å². The van der Waals surface area contributed by atoms with Gasteiger partial charge in [-0.05, 0) is 19.4 Å². The third-order valence-corrected chi connectivity index (χ3v) is 1.17. The molecule has 1 nitrogen and oxygen atoms in total. The molecule has 0 rings (SSSR count). The number of hydrogen-bond donors (Lipinski definition) is 1. The topological polar surface area (TPSA) is 26.0 Å². The minimum Gasteiger partial charge on any atom is -0.330 e. The fraction of sp³-hybridized carbons (Fsp3) is 0.556. The third kappa shape index (κ3) is 7.44. The minimum atomic E-state index is 0.748. The molecule has 0 radical (unpaired) electrons. The molecule has 58 valence electrons. The fourth-order valence-electron chi connectivity index (χ4n) is 0.612. The zero-order chi connectivity index (χ0) is 7.66. The summed E-state index contributed by atoms with van der Waals surface area (Å²) in [4.78, 5) is 0. The maximum Gasteiger partial charge on any atom is -0.00425 e. The first-order valence-corrected chi connectivity index (χ1v) is 3.93. The van der Waals surface area contributed by atoms with Crippen molar-refractivity contribution in [3.8, 4) is 0 Å². The Morgan fingerprint density at radius 1 is 1.10 bits per heavy atom.